The summed E-state index contributed by atoms with van der Waals surface area (Å²) >= 11 is 3.53. The molecule has 0 heterocycles. The van der Waals surface area contributed by atoms with E-state index in [9.17, 15) is 0 Å². The fourth-order valence-corrected chi connectivity index (χ4v) is 2.72. The van der Waals surface area contributed by atoms with Crippen molar-refractivity contribution in [1.29, 1.82) is 0 Å². The lowest BCUT2D eigenvalue weighted by molar-refractivity contribution is 0.154. The number of hydrogen-bond acceptors (Lipinski definition) is 2. The normalized spacial score (nSPS) is 18.2. The smallest absolute Gasteiger partial charge is 0.0474 e. The molecule has 2 nitrogen and oxygen atoms in total. The Morgan fingerprint density at radius 1 is 1.29 bits per heavy atom. The van der Waals surface area contributed by atoms with Crippen LogP contribution in [0.3, 0.4) is 0 Å². The Labute approximate surface area is 96.1 Å². The van der Waals surface area contributed by atoms with Crippen molar-refractivity contribution < 1.29 is 4.74 Å². The molecule has 0 atom stereocenters. The summed E-state index contributed by atoms with van der Waals surface area (Å²) in [7, 11) is 1.78. The first-order chi connectivity index (χ1) is 6.88. The predicted molar refractivity (Wildman–Crippen MR) is 64.1 cm³/mol. The minimum Gasteiger partial charge on any atom is -0.385 e. The van der Waals surface area contributed by atoms with Gasteiger partial charge in [-0.2, -0.15) is 0 Å². The summed E-state index contributed by atoms with van der Waals surface area (Å²) in [5, 5.41) is 1.09. The third-order valence-electron chi connectivity index (χ3n) is 3.01. The number of nitrogens with zero attached hydrogens (tertiary/aromatic N) is 1. The van der Waals surface area contributed by atoms with Crippen LogP contribution in [0.25, 0.3) is 0 Å². The summed E-state index contributed by atoms with van der Waals surface area (Å²) < 4.78 is 5.09. The van der Waals surface area contributed by atoms with Crippen LogP contribution in [0.2, 0.25) is 0 Å². The predicted octanol–water partition coefficient (Wildman–Crippen LogP) is 2.66. The van der Waals surface area contributed by atoms with Crippen LogP contribution < -0.4 is 0 Å². The van der Waals surface area contributed by atoms with Crippen molar-refractivity contribution in [3.05, 3.63) is 0 Å². The summed E-state index contributed by atoms with van der Waals surface area (Å²) in [6.07, 6.45) is 6.82. The van der Waals surface area contributed by atoms with Crippen molar-refractivity contribution in [3.63, 3.8) is 0 Å². The Balaban J connectivity index is 2.22. The zero-order chi connectivity index (χ0) is 10.2. The Bertz CT molecular complexity index is 137. The lowest BCUT2D eigenvalue weighted by Crippen LogP contribution is -2.36. The summed E-state index contributed by atoms with van der Waals surface area (Å²) in [5.74, 6) is 0. The highest BCUT2D eigenvalue weighted by atomic mass is 79.9. The molecule has 1 aliphatic carbocycles. The molecule has 1 saturated carbocycles. The van der Waals surface area contributed by atoms with Crippen molar-refractivity contribution in [1.82, 2.24) is 4.90 Å². The van der Waals surface area contributed by atoms with E-state index < -0.39 is 0 Å². The minimum absolute atomic E-state index is 0.851. The highest BCUT2D eigenvalue weighted by Crippen LogP contribution is 2.23. The molecule has 14 heavy (non-hydrogen) atoms. The average molecular weight is 264 g/mol. The third-order valence-corrected chi connectivity index (χ3v) is 3.36. The average Bonchev–Trinajstić information content (AvgIpc) is 2.70. The standard InChI is InChI=1S/C11H22BrNO/c1-14-10-4-8-13(9-7-12)11-5-2-3-6-11/h11H,2-10H2,1H3. The van der Waals surface area contributed by atoms with E-state index in [1.54, 1.807) is 7.11 Å². The fourth-order valence-electron chi connectivity index (χ4n) is 2.27. The number of methoxy groups -OCH3 is 1. The van der Waals surface area contributed by atoms with Gasteiger partial charge in [-0.15, -0.1) is 0 Å². The molecule has 0 radical (unpaired) electrons. The lowest BCUT2D eigenvalue weighted by Gasteiger charge is -2.27. The number of rotatable bonds is 7. The molecule has 0 saturated heterocycles. The highest BCUT2D eigenvalue weighted by molar-refractivity contribution is 9.09. The molecule has 3 heteroatoms. The van der Waals surface area contributed by atoms with Gasteiger partial charge in [-0.1, -0.05) is 28.8 Å². The van der Waals surface area contributed by atoms with Gasteiger partial charge in [-0.05, 0) is 19.3 Å². The quantitative estimate of drug-likeness (QED) is 0.518. The van der Waals surface area contributed by atoms with E-state index in [1.165, 1.54) is 45.2 Å². The first-order valence-electron chi connectivity index (χ1n) is 5.67. The maximum Gasteiger partial charge on any atom is 0.0474 e. The first kappa shape index (κ1) is 12.5. The minimum atomic E-state index is 0.851. The first-order valence-corrected chi connectivity index (χ1v) is 6.79. The van der Waals surface area contributed by atoms with E-state index in [1.807, 2.05) is 0 Å². The van der Waals surface area contributed by atoms with Crippen molar-refractivity contribution >= 4 is 15.9 Å². The second-order valence-corrected chi connectivity index (χ2v) is 4.80. The van der Waals surface area contributed by atoms with Gasteiger partial charge < -0.3 is 4.74 Å². The van der Waals surface area contributed by atoms with Crippen molar-refractivity contribution in [3.8, 4) is 0 Å². The van der Waals surface area contributed by atoms with Crippen molar-refractivity contribution in [2.75, 3.05) is 32.1 Å². The van der Waals surface area contributed by atoms with Gasteiger partial charge in [0.25, 0.3) is 0 Å². The van der Waals surface area contributed by atoms with Gasteiger partial charge >= 0.3 is 0 Å². The van der Waals surface area contributed by atoms with Crippen LogP contribution in [-0.4, -0.2) is 43.1 Å². The molecular weight excluding hydrogens is 242 g/mol. The van der Waals surface area contributed by atoms with Crippen LogP contribution in [0, 0.1) is 0 Å². The molecule has 0 aliphatic heterocycles. The monoisotopic (exact) mass is 263 g/mol. The molecule has 84 valence electrons. The SMILES string of the molecule is COCCCN(CCBr)C1CCCC1. The van der Waals surface area contributed by atoms with Crippen molar-refractivity contribution in [2.45, 2.75) is 38.1 Å². The van der Waals surface area contributed by atoms with Crippen LogP contribution in [0.1, 0.15) is 32.1 Å². The Morgan fingerprint density at radius 2 is 2.00 bits per heavy atom. The molecule has 0 aromatic rings. The van der Waals surface area contributed by atoms with E-state index >= 15 is 0 Å². The van der Waals surface area contributed by atoms with Gasteiger partial charge in [0.1, 0.15) is 0 Å². The molecule has 0 N–H and O–H groups in total. The molecule has 1 fully saturated rings. The summed E-state index contributed by atoms with van der Waals surface area (Å²) in [5.41, 5.74) is 0. The second-order valence-electron chi connectivity index (χ2n) is 4.01. The highest BCUT2D eigenvalue weighted by Gasteiger charge is 2.21. The molecule has 0 aromatic carbocycles. The lowest BCUT2D eigenvalue weighted by atomic mass is 10.2. The van der Waals surface area contributed by atoms with Gasteiger partial charge in [0.15, 0.2) is 0 Å². The third kappa shape index (κ3) is 4.28. The van der Waals surface area contributed by atoms with E-state index in [0.717, 1.165) is 18.0 Å². The van der Waals surface area contributed by atoms with Gasteiger partial charge in [0, 0.05) is 38.2 Å². The Morgan fingerprint density at radius 3 is 2.57 bits per heavy atom. The molecule has 1 aliphatic rings. The molecule has 0 bridgehead atoms. The van der Waals surface area contributed by atoms with Crippen LogP contribution in [0.4, 0.5) is 0 Å². The van der Waals surface area contributed by atoms with Crippen LogP contribution >= 0.6 is 15.9 Å². The molecular formula is C11H22BrNO. The topological polar surface area (TPSA) is 12.5 Å². The van der Waals surface area contributed by atoms with Crippen LogP contribution in [0.5, 0.6) is 0 Å². The van der Waals surface area contributed by atoms with Gasteiger partial charge in [-0.25, -0.2) is 0 Å². The molecule has 0 aromatic heterocycles. The molecule has 0 unspecified atom stereocenters. The largest absolute Gasteiger partial charge is 0.385 e. The van der Waals surface area contributed by atoms with Gasteiger partial charge in [0.2, 0.25) is 0 Å². The summed E-state index contributed by atoms with van der Waals surface area (Å²) in [6.45, 7) is 3.28. The zero-order valence-corrected chi connectivity index (χ0v) is 10.8. The maximum absolute atomic E-state index is 5.09. The van der Waals surface area contributed by atoms with Crippen LogP contribution in [0.15, 0.2) is 0 Å². The second kappa shape index (κ2) is 7.66. The van der Waals surface area contributed by atoms with Gasteiger partial charge in [0.05, 0.1) is 0 Å². The van der Waals surface area contributed by atoms with Crippen LogP contribution in [-0.2, 0) is 4.74 Å². The summed E-state index contributed by atoms with van der Waals surface area (Å²) in [4.78, 5) is 2.63. The summed E-state index contributed by atoms with van der Waals surface area (Å²) in [6, 6.07) is 0.851. The maximum atomic E-state index is 5.09. The number of halogens is 1. The van der Waals surface area contributed by atoms with Crippen molar-refractivity contribution in [2.24, 2.45) is 0 Å². The Hall–Kier alpha value is 0.400. The van der Waals surface area contributed by atoms with E-state index in [-0.39, 0.29) is 0 Å². The van der Waals surface area contributed by atoms with Gasteiger partial charge in [-0.3, -0.25) is 4.90 Å². The zero-order valence-electron chi connectivity index (χ0n) is 9.17. The Kier molecular flexibility index (Phi) is 6.82. The molecule has 0 spiro atoms. The fraction of sp³-hybridized carbons (Fsp3) is 1.00. The number of ether oxygens (including phenoxy) is 1. The molecule has 1 rings (SSSR count). The number of alkyl halides is 1. The van der Waals surface area contributed by atoms with E-state index in [4.69, 9.17) is 4.74 Å². The molecule has 0 amide bonds. The van der Waals surface area contributed by atoms with E-state index in [0.29, 0.717) is 0 Å². The number of hydrogen-bond donors (Lipinski definition) is 0. The van der Waals surface area contributed by atoms with E-state index in [2.05, 4.69) is 20.8 Å².